The average molecular weight is 404 g/mol. The van der Waals surface area contributed by atoms with Crippen molar-refractivity contribution in [3.8, 4) is 10.6 Å². The van der Waals surface area contributed by atoms with E-state index in [0.29, 0.717) is 27.5 Å². The molecule has 0 atom stereocenters. The Morgan fingerprint density at radius 2 is 2.20 bits per heavy atom. The van der Waals surface area contributed by atoms with Gasteiger partial charge in [0.25, 0.3) is 0 Å². The van der Waals surface area contributed by atoms with Crippen molar-refractivity contribution in [1.29, 1.82) is 0 Å². The highest BCUT2D eigenvalue weighted by molar-refractivity contribution is 7.91. The number of rotatable bonds is 5. The van der Waals surface area contributed by atoms with Gasteiger partial charge in [0.15, 0.2) is 0 Å². The SMILES string of the molecule is NS(=O)(=O)c1ccc(-c2nc(Nc3cc(C4CC4)c[nH]3)ncc2Cl)s1.[HH].[HH].[HH].[HH]. The molecule has 25 heavy (non-hydrogen) atoms. The molecule has 4 N–H and O–H groups in total. The number of nitrogens with one attached hydrogen (secondary N) is 2. The third-order valence-corrected chi connectivity index (χ3v) is 6.65. The summed E-state index contributed by atoms with van der Waals surface area (Å²) in [4.78, 5) is 12.3. The molecule has 1 fully saturated rings. The number of halogens is 1. The van der Waals surface area contributed by atoms with E-state index in [9.17, 15) is 8.42 Å². The van der Waals surface area contributed by atoms with Crippen molar-refractivity contribution < 1.29 is 14.1 Å². The molecule has 0 saturated heterocycles. The number of H-pyrrole nitrogens is 1. The lowest BCUT2D eigenvalue weighted by Gasteiger charge is -2.05. The zero-order valence-electron chi connectivity index (χ0n) is 12.9. The largest absolute Gasteiger partial charge is 0.348 e. The minimum atomic E-state index is -3.75. The maximum atomic E-state index is 11.4. The lowest BCUT2D eigenvalue weighted by atomic mass is 10.2. The Bertz CT molecular complexity index is 1060. The number of nitrogens with zero attached hydrogens (tertiary/aromatic N) is 2. The van der Waals surface area contributed by atoms with Crippen LogP contribution in [0.4, 0.5) is 11.8 Å². The van der Waals surface area contributed by atoms with Gasteiger partial charge in [-0.2, -0.15) is 0 Å². The number of aromatic amines is 1. The Kier molecular flexibility index (Phi) is 4.03. The quantitative estimate of drug-likeness (QED) is 0.582. The van der Waals surface area contributed by atoms with Gasteiger partial charge in [-0.25, -0.2) is 23.5 Å². The molecular weight excluding hydrogens is 382 g/mol. The van der Waals surface area contributed by atoms with Gasteiger partial charge in [-0.15, -0.1) is 11.3 Å². The molecule has 7 nitrogen and oxygen atoms in total. The Balaban J connectivity index is 0.00000196. The maximum Gasteiger partial charge on any atom is 0.247 e. The van der Waals surface area contributed by atoms with Crippen LogP contribution in [0.2, 0.25) is 5.02 Å². The van der Waals surface area contributed by atoms with Crippen molar-refractivity contribution in [3.05, 3.63) is 41.2 Å². The molecule has 1 aliphatic carbocycles. The average Bonchev–Trinajstić information content (AvgIpc) is 3.09. The molecule has 0 amide bonds. The summed E-state index contributed by atoms with van der Waals surface area (Å²) < 4.78 is 22.9. The van der Waals surface area contributed by atoms with E-state index in [1.807, 2.05) is 12.3 Å². The topological polar surface area (TPSA) is 114 Å². The fourth-order valence-corrected chi connectivity index (χ4v) is 4.44. The third-order valence-electron chi connectivity index (χ3n) is 3.84. The summed E-state index contributed by atoms with van der Waals surface area (Å²) >= 11 is 7.19. The van der Waals surface area contributed by atoms with Gasteiger partial charge in [0, 0.05) is 11.9 Å². The lowest BCUT2D eigenvalue weighted by Crippen LogP contribution is -2.09. The summed E-state index contributed by atoms with van der Waals surface area (Å²) in [5.41, 5.74) is 1.72. The Morgan fingerprint density at radius 3 is 2.88 bits per heavy atom. The fourth-order valence-electron chi connectivity index (χ4n) is 2.46. The molecule has 3 aromatic rings. The van der Waals surface area contributed by atoms with Gasteiger partial charge in [-0.05, 0) is 42.5 Å². The molecule has 1 aliphatic rings. The highest BCUT2D eigenvalue weighted by atomic mass is 35.5. The van der Waals surface area contributed by atoms with E-state index in [2.05, 4.69) is 20.3 Å². The first kappa shape index (κ1) is 16.5. The summed E-state index contributed by atoms with van der Waals surface area (Å²) in [6, 6.07) is 5.11. The number of hydrogen-bond donors (Lipinski definition) is 3. The minimum Gasteiger partial charge on any atom is -0.348 e. The van der Waals surface area contributed by atoms with Crippen LogP contribution in [0, 0.1) is 0 Å². The Morgan fingerprint density at radius 1 is 1.40 bits per heavy atom. The summed E-state index contributed by atoms with van der Waals surface area (Å²) in [6.45, 7) is 0. The predicted octanol–water partition coefficient (Wildman–Crippen LogP) is 4.44. The van der Waals surface area contributed by atoms with Crippen molar-refractivity contribution in [2.45, 2.75) is 23.0 Å². The second-order valence-corrected chi connectivity index (χ2v) is 9.08. The van der Waals surface area contributed by atoms with Gasteiger partial charge in [0.1, 0.15) is 15.7 Å². The first-order valence-corrected chi connectivity index (χ1v) is 10.2. The number of hydrogen-bond acceptors (Lipinski definition) is 6. The number of primary sulfonamides is 1. The molecule has 0 aromatic carbocycles. The van der Waals surface area contributed by atoms with Crippen LogP contribution < -0.4 is 10.5 Å². The molecule has 3 heterocycles. The standard InChI is InChI=1S/C15H14ClN5O2S2.4H2/c16-10-7-19-15(20-12-5-9(6-18-12)8-1-2-8)21-14(10)11-3-4-13(24-11)25(17,22)23;;;;/h3-8,18H,1-2H2,(H2,17,22,23)(H,19,20,21);4*1H. The lowest BCUT2D eigenvalue weighted by molar-refractivity contribution is 0.600. The zero-order chi connectivity index (χ0) is 17.6. The smallest absolute Gasteiger partial charge is 0.247 e. The van der Waals surface area contributed by atoms with E-state index in [4.69, 9.17) is 16.7 Å². The molecule has 0 bridgehead atoms. The van der Waals surface area contributed by atoms with Crippen LogP contribution in [-0.4, -0.2) is 23.4 Å². The molecule has 138 valence electrons. The second-order valence-electron chi connectivity index (χ2n) is 5.80. The molecule has 0 aliphatic heterocycles. The second kappa shape index (κ2) is 6.10. The van der Waals surface area contributed by atoms with E-state index in [1.165, 1.54) is 30.7 Å². The Hall–Kier alpha value is -1.94. The number of aromatic nitrogens is 3. The summed E-state index contributed by atoms with van der Waals surface area (Å²) in [5.74, 6) is 1.82. The van der Waals surface area contributed by atoms with E-state index in [1.54, 1.807) is 6.07 Å². The minimum absolute atomic E-state index is 0. The molecule has 3 aromatic heterocycles. The van der Waals surface area contributed by atoms with Crippen molar-refractivity contribution in [1.82, 2.24) is 15.0 Å². The van der Waals surface area contributed by atoms with E-state index >= 15 is 0 Å². The maximum absolute atomic E-state index is 11.4. The highest BCUT2D eigenvalue weighted by Gasteiger charge is 2.24. The molecule has 1 saturated carbocycles. The highest BCUT2D eigenvalue weighted by Crippen LogP contribution is 2.41. The van der Waals surface area contributed by atoms with Crippen molar-refractivity contribution in [2.75, 3.05) is 5.32 Å². The molecule has 0 spiro atoms. The summed E-state index contributed by atoms with van der Waals surface area (Å²) in [6.07, 6.45) is 5.91. The van der Waals surface area contributed by atoms with Crippen LogP contribution in [-0.2, 0) is 10.0 Å². The van der Waals surface area contributed by atoms with Gasteiger partial charge in [-0.3, -0.25) is 0 Å². The van der Waals surface area contributed by atoms with E-state index < -0.39 is 10.0 Å². The molecule has 0 unspecified atom stereocenters. The summed E-state index contributed by atoms with van der Waals surface area (Å²) in [7, 11) is -3.75. The van der Waals surface area contributed by atoms with Crippen LogP contribution in [0.5, 0.6) is 0 Å². The summed E-state index contributed by atoms with van der Waals surface area (Å²) in [5, 5.41) is 8.59. The van der Waals surface area contributed by atoms with Gasteiger partial charge in [-0.1, -0.05) is 11.6 Å². The van der Waals surface area contributed by atoms with Crippen molar-refractivity contribution >= 4 is 44.7 Å². The monoisotopic (exact) mass is 403 g/mol. The fraction of sp³-hybridized carbons (Fsp3) is 0.200. The molecule has 0 radical (unpaired) electrons. The van der Waals surface area contributed by atoms with Crippen LogP contribution in [0.3, 0.4) is 0 Å². The van der Waals surface area contributed by atoms with Crippen molar-refractivity contribution in [3.63, 3.8) is 0 Å². The van der Waals surface area contributed by atoms with Gasteiger partial charge in [0.2, 0.25) is 16.0 Å². The third kappa shape index (κ3) is 3.54. The number of thiophene rings is 1. The van der Waals surface area contributed by atoms with Gasteiger partial charge in [0.05, 0.1) is 16.1 Å². The first-order chi connectivity index (χ1) is 11.9. The normalized spacial score (nSPS) is 14.6. The van der Waals surface area contributed by atoms with Crippen LogP contribution in [0.25, 0.3) is 10.6 Å². The number of nitrogens with two attached hydrogens (primary N) is 1. The Labute approximate surface area is 159 Å². The molecular formula is C15H22ClN5O2S2. The number of sulfonamides is 1. The van der Waals surface area contributed by atoms with Crippen molar-refractivity contribution in [2.24, 2.45) is 5.14 Å². The van der Waals surface area contributed by atoms with E-state index in [-0.39, 0.29) is 9.92 Å². The van der Waals surface area contributed by atoms with E-state index in [0.717, 1.165) is 17.2 Å². The van der Waals surface area contributed by atoms with Crippen LogP contribution in [0.15, 0.2) is 34.8 Å². The molecule has 4 rings (SSSR count). The first-order valence-electron chi connectivity index (χ1n) is 7.51. The predicted molar refractivity (Wildman–Crippen MR) is 106 cm³/mol. The van der Waals surface area contributed by atoms with Gasteiger partial charge < -0.3 is 10.3 Å². The zero-order valence-corrected chi connectivity index (χ0v) is 15.2. The van der Waals surface area contributed by atoms with Crippen LogP contribution >= 0.6 is 22.9 Å². The van der Waals surface area contributed by atoms with Gasteiger partial charge >= 0.3 is 0 Å². The number of anilines is 2. The molecule has 10 heteroatoms. The van der Waals surface area contributed by atoms with Crippen LogP contribution in [0.1, 0.15) is 30.0 Å².